The van der Waals surface area contributed by atoms with Crippen molar-refractivity contribution >= 4 is 50.0 Å². The Morgan fingerprint density at radius 3 is 2.66 bits per heavy atom. The standard InChI is InChI=1S/C25H27BrF2N4O3/c1-15(31-22-14-19(35-3)12-17-7-5-10-29-23(17)22)6-4-11-30-24(34)25(27,28)20-13-18(26)8-9-21(20)32-16(2)33/h5,7-10,12-15,31H,4,6,11H2,1-3H3,(H,30,34)(H,32,33). The summed E-state index contributed by atoms with van der Waals surface area (Å²) in [5.41, 5.74) is 0.921. The molecule has 10 heteroatoms. The van der Waals surface area contributed by atoms with Crippen molar-refractivity contribution in [3.8, 4) is 5.75 Å². The van der Waals surface area contributed by atoms with Gasteiger partial charge in [-0.05, 0) is 50.1 Å². The van der Waals surface area contributed by atoms with Gasteiger partial charge in [0.15, 0.2) is 0 Å². The molecule has 0 radical (unpaired) electrons. The van der Waals surface area contributed by atoms with Gasteiger partial charge >= 0.3 is 5.92 Å². The molecule has 1 aromatic heterocycles. The van der Waals surface area contributed by atoms with E-state index in [1.165, 1.54) is 19.1 Å². The van der Waals surface area contributed by atoms with Crippen LogP contribution in [0.3, 0.4) is 0 Å². The van der Waals surface area contributed by atoms with Crippen molar-refractivity contribution in [3.63, 3.8) is 0 Å². The van der Waals surface area contributed by atoms with Gasteiger partial charge in [-0.25, -0.2) is 0 Å². The van der Waals surface area contributed by atoms with Crippen LogP contribution in [0.25, 0.3) is 10.9 Å². The molecule has 0 spiro atoms. The topological polar surface area (TPSA) is 92.4 Å². The van der Waals surface area contributed by atoms with E-state index in [1.807, 2.05) is 31.2 Å². The Balaban J connectivity index is 1.58. The number of fused-ring (bicyclic) bond motifs is 1. The molecule has 0 fully saturated rings. The Kier molecular flexibility index (Phi) is 8.61. The maximum absolute atomic E-state index is 14.9. The van der Waals surface area contributed by atoms with Crippen LogP contribution in [0, 0.1) is 0 Å². The third-order valence-electron chi connectivity index (χ3n) is 5.33. The summed E-state index contributed by atoms with van der Waals surface area (Å²) < 4.78 is 35.6. The molecule has 3 aromatic rings. The van der Waals surface area contributed by atoms with Gasteiger partial charge < -0.3 is 20.7 Å². The summed E-state index contributed by atoms with van der Waals surface area (Å²) in [6.07, 6.45) is 2.80. The number of benzene rings is 2. The minimum Gasteiger partial charge on any atom is -0.497 e. The largest absolute Gasteiger partial charge is 0.497 e. The summed E-state index contributed by atoms with van der Waals surface area (Å²) in [4.78, 5) is 28.1. The van der Waals surface area contributed by atoms with Crippen LogP contribution in [0.4, 0.5) is 20.2 Å². The maximum Gasteiger partial charge on any atom is 0.351 e. The number of nitrogens with one attached hydrogen (secondary N) is 3. The van der Waals surface area contributed by atoms with Crippen LogP contribution in [-0.4, -0.2) is 36.5 Å². The number of hydrogen-bond donors (Lipinski definition) is 3. The van der Waals surface area contributed by atoms with Crippen molar-refractivity contribution in [3.05, 3.63) is 58.7 Å². The third kappa shape index (κ3) is 6.66. The monoisotopic (exact) mass is 548 g/mol. The van der Waals surface area contributed by atoms with Crippen LogP contribution in [0.15, 0.2) is 53.1 Å². The van der Waals surface area contributed by atoms with Crippen LogP contribution in [0.5, 0.6) is 5.75 Å². The number of carbonyl (C=O) groups is 2. The van der Waals surface area contributed by atoms with E-state index in [0.717, 1.165) is 22.7 Å². The number of carbonyl (C=O) groups excluding carboxylic acids is 2. The molecule has 186 valence electrons. The first-order valence-electron chi connectivity index (χ1n) is 11.0. The summed E-state index contributed by atoms with van der Waals surface area (Å²) in [5.74, 6) is -5.06. The molecule has 0 aliphatic carbocycles. The third-order valence-corrected chi connectivity index (χ3v) is 5.82. The summed E-state index contributed by atoms with van der Waals surface area (Å²) in [5, 5.41) is 8.98. The van der Waals surface area contributed by atoms with Crippen LogP contribution < -0.4 is 20.7 Å². The van der Waals surface area contributed by atoms with E-state index in [-0.39, 0.29) is 18.3 Å². The number of ether oxygens (including phenoxy) is 1. The molecule has 0 saturated heterocycles. The van der Waals surface area contributed by atoms with Crippen molar-refractivity contribution in [1.29, 1.82) is 0 Å². The molecule has 1 atom stereocenters. The molecule has 3 rings (SSSR count). The molecule has 2 aromatic carbocycles. The maximum atomic E-state index is 14.9. The number of methoxy groups -OCH3 is 1. The first-order valence-corrected chi connectivity index (χ1v) is 11.8. The minimum absolute atomic E-state index is 0.0128. The highest BCUT2D eigenvalue weighted by Gasteiger charge is 2.43. The zero-order valence-corrected chi connectivity index (χ0v) is 21.2. The Morgan fingerprint density at radius 1 is 1.17 bits per heavy atom. The van der Waals surface area contributed by atoms with E-state index >= 15 is 0 Å². The summed E-state index contributed by atoms with van der Waals surface area (Å²) in [6.45, 7) is 3.25. The molecule has 3 N–H and O–H groups in total. The fourth-order valence-electron chi connectivity index (χ4n) is 3.65. The van der Waals surface area contributed by atoms with Crippen LogP contribution in [0.2, 0.25) is 0 Å². The van der Waals surface area contributed by atoms with Crippen molar-refractivity contribution in [2.45, 2.75) is 38.7 Å². The number of hydrogen-bond acceptors (Lipinski definition) is 5. The quantitative estimate of drug-likeness (QED) is 0.293. The predicted molar refractivity (Wildman–Crippen MR) is 136 cm³/mol. The molecular weight excluding hydrogens is 522 g/mol. The lowest BCUT2D eigenvalue weighted by molar-refractivity contribution is -0.146. The SMILES string of the molecule is COc1cc(NC(C)CCCNC(=O)C(F)(F)c2cc(Br)ccc2NC(C)=O)c2ncccc2c1. The lowest BCUT2D eigenvalue weighted by atomic mass is 10.0. The van der Waals surface area contributed by atoms with Gasteiger partial charge in [-0.3, -0.25) is 14.6 Å². The second-order valence-electron chi connectivity index (χ2n) is 8.14. The predicted octanol–water partition coefficient (Wildman–Crippen LogP) is 5.45. The molecular formula is C25H27BrF2N4O3. The van der Waals surface area contributed by atoms with Gasteiger partial charge in [0, 0.05) is 41.6 Å². The van der Waals surface area contributed by atoms with Crippen LogP contribution >= 0.6 is 15.9 Å². The van der Waals surface area contributed by atoms with Gasteiger partial charge in [0.05, 0.1) is 29.6 Å². The van der Waals surface area contributed by atoms with Gasteiger partial charge in [0.1, 0.15) is 5.75 Å². The average molecular weight is 549 g/mol. The minimum atomic E-state index is -3.82. The van der Waals surface area contributed by atoms with Gasteiger partial charge in [-0.15, -0.1) is 0 Å². The van der Waals surface area contributed by atoms with Crippen LogP contribution in [-0.2, 0) is 15.5 Å². The zero-order chi connectivity index (χ0) is 25.6. The molecule has 35 heavy (non-hydrogen) atoms. The Bertz CT molecular complexity index is 1220. The number of anilines is 2. The van der Waals surface area contributed by atoms with Gasteiger partial charge in [-0.1, -0.05) is 22.0 Å². The molecule has 0 bridgehead atoms. The zero-order valence-electron chi connectivity index (χ0n) is 19.6. The van der Waals surface area contributed by atoms with Crippen molar-refractivity contribution in [1.82, 2.24) is 10.3 Å². The fourth-order valence-corrected chi connectivity index (χ4v) is 4.01. The smallest absolute Gasteiger partial charge is 0.351 e. The number of halogens is 3. The highest BCUT2D eigenvalue weighted by molar-refractivity contribution is 9.10. The van der Waals surface area contributed by atoms with E-state index in [4.69, 9.17) is 4.74 Å². The molecule has 1 unspecified atom stereocenters. The fraction of sp³-hybridized carbons (Fsp3) is 0.320. The summed E-state index contributed by atoms with van der Waals surface area (Å²) >= 11 is 3.14. The second kappa shape index (κ2) is 11.4. The van der Waals surface area contributed by atoms with Crippen molar-refractivity contribution < 1.29 is 23.1 Å². The lowest BCUT2D eigenvalue weighted by Crippen LogP contribution is -2.39. The van der Waals surface area contributed by atoms with E-state index < -0.39 is 23.3 Å². The van der Waals surface area contributed by atoms with E-state index in [1.54, 1.807) is 13.3 Å². The number of nitrogens with zero attached hydrogens (tertiary/aromatic N) is 1. The van der Waals surface area contributed by atoms with Gasteiger partial charge in [-0.2, -0.15) is 8.78 Å². The van der Waals surface area contributed by atoms with E-state index in [0.29, 0.717) is 23.1 Å². The molecule has 0 aliphatic rings. The van der Waals surface area contributed by atoms with Crippen molar-refractivity contribution in [2.24, 2.45) is 0 Å². The first kappa shape index (κ1) is 26.3. The number of alkyl halides is 2. The lowest BCUT2D eigenvalue weighted by Gasteiger charge is -2.21. The molecule has 2 amide bonds. The Morgan fingerprint density at radius 2 is 1.94 bits per heavy atom. The average Bonchev–Trinajstić information content (AvgIpc) is 2.82. The van der Waals surface area contributed by atoms with Crippen molar-refractivity contribution in [2.75, 3.05) is 24.3 Å². The molecule has 7 nitrogen and oxygen atoms in total. The van der Waals surface area contributed by atoms with Crippen LogP contribution in [0.1, 0.15) is 32.3 Å². The second-order valence-corrected chi connectivity index (χ2v) is 9.05. The van der Waals surface area contributed by atoms with Gasteiger partial charge in [0.25, 0.3) is 5.91 Å². The molecule has 1 heterocycles. The number of rotatable bonds is 10. The number of aromatic nitrogens is 1. The summed E-state index contributed by atoms with van der Waals surface area (Å²) in [6, 6.07) is 11.5. The number of amides is 2. The number of pyridine rings is 1. The normalized spacial score (nSPS) is 12.2. The van der Waals surface area contributed by atoms with Gasteiger partial charge in [0.2, 0.25) is 5.91 Å². The Hall–Kier alpha value is -3.27. The molecule has 0 saturated carbocycles. The first-order chi connectivity index (χ1) is 16.6. The molecule has 0 aliphatic heterocycles. The highest BCUT2D eigenvalue weighted by Crippen LogP contribution is 2.36. The highest BCUT2D eigenvalue weighted by atomic mass is 79.9. The van der Waals surface area contributed by atoms with E-state index in [2.05, 4.69) is 36.9 Å². The summed E-state index contributed by atoms with van der Waals surface area (Å²) in [7, 11) is 1.59. The van der Waals surface area contributed by atoms with E-state index in [9.17, 15) is 18.4 Å². The Labute approximate surface area is 210 Å².